The average molecular weight is 448 g/mol. The highest BCUT2D eigenvalue weighted by Gasteiger charge is 2.31. The van der Waals surface area contributed by atoms with Gasteiger partial charge in [0.15, 0.2) is 5.75 Å². The van der Waals surface area contributed by atoms with Crippen LogP contribution in [0.1, 0.15) is 66.4 Å². The lowest BCUT2D eigenvalue weighted by Gasteiger charge is -2.17. The number of azide groups is 1. The largest absolute Gasteiger partial charge is 0.494 e. The molecule has 0 spiro atoms. The van der Waals surface area contributed by atoms with E-state index in [1.165, 1.54) is 0 Å². The van der Waals surface area contributed by atoms with Crippen molar-refractivity contribution in [2.24, 2.45) is 5.11 Å². The van der Waals surface area contributed by atoms with Crippen molar-refractivity contribution in [1.82, 2.24) is 4.57 Å². The Bertz CT molecular complexity index is 1360. The molecule has 2 aromatic heterocycles. The summed E-state index contributed by atoms with van der Waals surface area (Å²) >= 11 is 0. The van der Waals surface area contributed by atoms with Gasteiger partial charge >= 0.3 is 5.97 Å². The van der Waals surface area contributed by atoms with Gasteiger partial charge in [-0.2, -0.15) is 0 Å². The fraction of sp³-hybridized carbons (Fsp3) is 0.417. The van der Waals surface area contributed by atoms with Gasteiger partial charge in [-0.05, 0) is 56.3 Å². The monoisotopic (exact) mass is 448 g/mol. The number of furan rings is 1. The van der Waals surface area contributed by atoms with E-state index in [1.807, 2.05) is 10.6 Å². The second-order valence-corrected chi connectivity index (χ2v) is 8.38. The quantitative estimate of drug-likeness (QED) is 0.214. The highest BCUT2D eigenvalue weighted by Crippen LogP contribution is 2.45. The molecule has 0 saturated heterocycles. The SMILES string of the molecule is CCOC(=O)c1cn(C2CC2)c2c(OC)c(-c3cc4c(o3)CCCC4N=[N+]=[N-])ccc2c1=O. The normalized spacial score (nSPS) is 17.3. The van der Waals surface area contributed by atoms with E-state index in [-0.39, 0.29) is 29.7 Å². The van der Waals surface area contributed by atoms with Crippen molar-refractivity contribution in [3.63, 3.8) is 0 Å². The van der Waals surface area contributed by atoms with Gasteiger partial charge in [0.2, 0.25) is 5.43 Å². The molecule has 9 nitrogen and oxygen atoms in total. The molecule has 0 amide bonds. The Labute approximate surface area is 189 Å². The number of nitrogens with zero attached hydrogens (tertiary/aromatic N) is 4. The van der Waals surface area contributed by atoms with Gasteiger partial charge in [-0.1, -0.05) is 5.11 Å². The molecule has 0 radical (unpaired) electrons. The molecular formula is C24H24N4O5. The van der Waals surface area contributed by atoms with Crippen molar-refractivity contribution in [3.8, 4) is 17.1 Å². The summed E-state index contributed by atoms with van der Waals surface area (Å²) in [6.07, 6.45) is 5.95. The van der Waals surface area contributed by atoms with Crippen LogP contribution < -0.4 is 10.2 Å². The number of carbonyl (C=O) groups is 1. The summed E-state index contributed by atoms with van der Waals surface area (Å²) in [5.74, 6) is 1.30. The first-order valence-electron chi connectivity index (χ1n) is 11.2. The molecule has 33 heavy (non-hydrogen) atoms. The van der Waals surface area contributed by atoms with Crippen molar-refractivity contribution in [1.29, 1.82) is 0 Å². The van der Waals surface area contributed by atoms with Gasteiger partial charge in [0, 0.05) is 29.1 Å². The zero-order valence-electron chi connectivity index (χ0n) is 18.5. The maximum absolute atomic E-state index is 13.2. The lowest BCUT2D eigenvalue weighted by molar-refractivity contribution is 0.0524. The number of pyridine rings is 1. The number of benzene rings is 1. The minimum Gasteiger partial charge on any atom is -0.494 e. The number of ether oxygens (including phenoxy) is 2. The number of esters is 1. The zero-order chi connectivity index (χ0) is 23.1. The molecule has 2 heterocycles. The lowest BCUT2D eigenvalue weighted by atomic mass is 9.93. The number of carbonyl (C=O) groups excluding carboxylic acids is 1. The van der Waals surface area contributed by atoms with E-state index in [9.17, 15) is 9.59 Å². The molecule has 1 saturated carbocycles. The fourth-order valence-corrected chi connectivity index (χ4v) is 4.66. The third-order valence-corrected chi connectivity index (χ3v) is 6.33. The molecule has 0 bridgehead atoms. The van der Waals surface area contributed by atoms with Gasteiger partial charge < -0.3 is 18.5 Å². The predicted molar refractivity (Wildman–Crippen MR) is 122 cm³/mol. The van der Waals surface area contributed by atoms with Crippen LogP contribution in [-0.2, 0) is 11.2 Å². The average Bonchev–Trinajstić information content (AvgIpc) is 3.56. The van der Waals surface area contributed by atoms with Gasteiger partial charge in [-0.3, -0.25) is 4.79 Å². The Kier molecular flexibility index (Phi) is 5.34. The van der Waals surface area contributed by atoms with Crippen LogP contribution in [0.2, 0.25) is 0 Å². The first-order chi connectivity index (χ1) is 16.1. The summed E-state index contributed by atoms with van der Waals surface area (Å²) in [6, 6.07) is 5.33. The standard InChI is InChI=1S/C24H24N4O5/c1-3-32-24(30)17-12-28(13-7-8-13)21-15(22(17)29)10-9-14(23(21)31-2)20-11-16-18(26-27-25)5-4-6-19(16)33-20/h9-13,18H,3-8H2,1-2H3. The first-order valence-corrected chi connectivity index (χ1v) is 11.2. The second-order valence-electron chi connectivity index (χ2n) is 8.38. The Morgan fingerprint density at radius 1 is 1.33 bits per heavy atom. The van der Waals surface area contributed by atoms with Crippen LogP contribution in [0.15, 0.2) is 38.7 Å². The number of hydrogen-bond donors (Lipinski definition) is 0. The van der Waals surface area contributed by atoms with Crippen molar-refractivity contribution in [2.45, 2.75) is 51.1 Å². The summed E-state index contributed by atoms with van der Waals surface area (Å²) in [6.45, 7) is 1.91. The van der Waals surface area contributed by atoms with Crippen LogP contribution in [0.4, 0.5) is 0 Å². The van der Waals surface area contributed by atoms with Crippen LogP contribution in [0.3, 0.4) is 0 Å². The minimum absolute atomic E-state index is 0.0247. The fourth-order valence-electron chi connectivity index (χ4n) is 4.66. The predicted octanol–water partition coefficient (Wildman–Crippen LogP) is 5.47. The number of aromatic nitrogens is 1. The van der Waals surface area contributed by atoms with Crippen molar-refractivity contribution < 1.29 is 18.7 Å². The number of aryl methyl sites for hydroxylation is 1. The van der Waals surface area contributed by atoms with E-state index in [4.69, 9.17) is 19.4 Å². The molecule has 0 N–H and O–H groups in total. The Morgan fingerprint density at radius 2 is 2.15 bits per heavy atom. The van der Waals surface area contributed by atoms with E-state index in [2.05, 4.69) is 10.0 Å². The molecule has 1 atom stereocenters. The van der Waals surface area contributed by atoms with Gasteiger partial charge in [-0.15, -0.1) is 0 Å². The smallest absolute Gasteiger partial charge is 0.343 e. The van der Waals surface area contributed by atoms with Gasteiger partial charge in [-0.25, -0.2) is 4.79 Å². The van der Waals surface area contributed by atoms with Crippen LogP contribution >= 0.6 is 0 Å². The Hall–Kier alpha value is -3.71. The maximum atomic E-state index is 13.2. The highest BCUT2D eigenvalue weighted by atomic mass is 16.5. The van der Waals surface area contributed by atoms with E-state index in [1.54, 1.807) is 32.4 Å². The van der Waals surface area contributed by atoms with Crippen molar-refractivity contribution in [3.05, 3.63) is 61.9 Å². The summed E-state index contributed by atoms with van der Waals surface area (Å²) in [5.41, 5.74) is 10.8. The first kappa shape index (κ1) is 21.2. The highest BCUT2D eigenvalue weighted by molar-refractivity contribution is 5.98. The summed E-state index contributed by atoms with van der Waals surface area (Å²) in [4.78, 5) is 28.6. The molecule has 3 aromatic rings. The molecule has 2 aliphatic rings. The minimum atomic E-state index is -0.621. The Balaban J connectivity index is 1.72. The number of fused-ring (bicyclic) bond motifs is 2. The summed E-state index contributed by atoms with van der Waals surface area (Å²) in [5, 5.41) is 4.32. The van der Waals surface area contributed by atoms with Crippen LogP contribution in [0.5, 0.6) is 5.75 Å². The summed E-state index contributed by atoms with van der Waals surface area (Å²) in [7, 11) is 1.56. The van der Waals surface area contributed by atoms with E-state index < -0.39 is 5.97 Å². The molecule has 0 aliphatic heterocycles. The molecule has 5 rings (SSSR count). The number of rotatable bonds is 6. The second kappa shape index (κ2) is 8.33. The topological polar surface area (TPSA) is 119 Å². The molecule has 1 fully saturated rings. The van der Waals surface area contributed by atoms with E-state index in [0.29, 0.717) is 28.0 Å². The third kappa shape index (κ3) is 3.54. The van der Waals surface area contributed by atoms with E-state index >= 15 is 0 Å². The van der Waals surface area contributed by atoms with Gasteiger partial charge in [0.1, 0.15) is 17.1 Å². The lowest BCUT2D eigenvalue weighted by Crippen LogP contribution is -2.21. The van der Waals surface area contributed by atoms with Gasteiger partial charge in [0.25, 0.3) is 0 Å². The molecular weight excluding hydrogens is 424 g/mol. The molecule has 170 valence electrons. The van der Waals surface area contributed by atoms with Crippen molar-refractivity contribution >= 4 is 16.9 Å². The molecule has 1 unspecified atom stereocenters. The van der Waals surface area contributed by atoms with E-state index in [0.717, 1.165) is 43.4 Å². The van der Waals surface area contributed by atoms with Crippen LogP contribution in [-0.4, -0.2) is 24.3 Å². The maximum Gasteiger partial charge on any atom is 0.343 e. The molecule has 2 aliphatic carbocycles. The Morgan fingerprint density at radius 3 is 2.85 bits per heavy atom. The van der Waals surface area contributed by atoms with Crippen molar-refractivity contribution in [2.75, 3.05) is 13.7 Å². The third-order valence-electron chi connectivity index (χ3n) is 6.33. The van der Waals surface area contributed by atoms with Gasteiger partial charge in [0.05, 0.1) is 36.2 Å². The van der Waals surface area contributed by atoms with Crippen LogP contribution in [0.25, 0.3) is 32.7 Å². The zero-order valence-corrected chi connectivity index (χ0v) is 18.5. The number of hydrogen-bond acceptors (Lipinski definition) is 6. The molecule has 1 aromatic carbocycles. The van der Waals surface area contributed by atoms with Crippen LogP contribution in [0, 0.1) is 0 Å². The molecule has 9 heteroatoms. The number of methoxy groups -OCH3 is 1. The summed E-state index contributed by atoms with van der Waals surface area (Å²) < 4.78 is 19.1.